The zero-order chi connectivity index (χ0) is 15.6. The van der Waals surface area contributed by atoms with Gasteiger partial charge in [-0.2, -0.15) is 0 Å². The van der Waals surface area contributed by atoms with Crippen LogP contribution in [0.25, 0.3) is 0 Å². The third-order valence-electron chi connectivity index (χ3n) is 2.95. The highest BCUT2D eigenvalue weighted by Crippen LogP contribution is 2.23. The van der Waals surface area contributed by atoms with Gasteiger partial charge >= 0.3 is 5.97 Å². The van der Waals surface area contributed by atoms with Crippen molar-refractivity contribution in [3.63, 3.8) is 0 Å². The summed E-state index contributed by atoms with van der Waals surface area (Å²) in [5.74, 6) is -1.18. The molecule has 0 aliphatic heterocycles. The zero-order valence-electron chi connectivity index (χ0n) is 11.2. The fourth-order valence-electron chi connectivity index (χ4n) is 1.79. The Bertz CT molecular complexity index is 800. The highest BCUT2D eigenvalue weighted by Gasteiger charge is 2.18. The minimum atomic E-state index is -3.90. The number of para-hydroxylation sites is 2. The number of sulfonamides is 1. The molecule has 0 aliphatic rings. The Kier molecular flexibility index (Phi) is 3.86. The lowest BCUT2D eigenvalue weighted by Gasteiger charge is -2.11. The van der Waals surface area contributed by atoms with E-state index in [-0.39, 0.29) is 21.8 Å². The van der Waals surface area contributed by atoms with E-state index in [0.29, 0.717) is 5.56 Å². The van der Waals surface area contributed by atoms with Gasteiger partial charge in [-0.25, -0.2) is 13.2 Å². The number of anilines is 2. The second-order valence-electron chi connectivity index (χ2n) is 4.47. The molecule has 0 spiro atoms. The second-order valence-corrected chi connectivity index (χ2v) is 6.16. The number of benzene rings is 2. The quantitative estimate of drug-likeness (QED) is 0.749. The predicted molar refractivity (Wildman–Crippen MR) is 79.8 cm³/mol. The standard InChI is InChI=1S/C14H14N2O4S/c1-9-6-7-10(8-11(9)14(17)18)21(19,20)16-13-5-3-2-4-12(13)15/h2-8,16H,15H2,1H3,(H,17,18). The van der Waals surface area contributed by atoms with Gasteiger partial charge in [0, 0.05) is 0 Å². The van der Waals surface area contributed by atoms with E-state index in [1.54, 1.807) is 25.1 Å². The molecule has 21 heavy (non-hydrogen) atoms. The molecule has 0 unspecified atom stereocenters. The highest BCUT2D eigenvalue weighted by atomic mass is 32.2. The molecule has 110 valence electrons. The second kappa shape index (κ2) is 5.45. The van der Waals surface area contributed by atoms with Crippen molar-refractivity contribution in [1.29, 1.82) is 0 Å². The molecule has 2 aromatic carbocycles. The first kappa shape index (κ1) is 14.9. The Balaban J connectivity index is 2.43. The fourth-order valence-corrected chi connectivity index (χ4v) is 2.91. The lowest BCUT2D eigenvalue weighted by molar-refractivity contribution is 0.0696. The number of aryl methyl sites for hydroxylation is 1. The Morgan fingerprint density at radius 3 is 2.48 bits per heavy atom. The van der Waals surface area contributed by atoms with Crippen LogP contribution in [0.5, 0.6) is 0 Å². The lowest BCUT2D eigenvalue weighted by Crippen LogP contribution is -2.15. The Labute approximate surface area is 122 Å². The van der Waals surface area contributed by atoms with E-state index in [4.69, 9.17) is 10.8 Å². The van der Waals surface area contributed by atoms with Crippen LogP contribution >= 0.6 is 0 Å². The van der Waals surface area contributed by atoms with E-state index in [1.165, 1.54) is 18.2 Å². The predicted octanol–water partition coefficient (Wildman–Crippen LogP) is 2.08. The molecule has 0 saturated carbocycles. The summed E-state index contributed by atoms with van der Waals surface area (Å²) in [5.41, 5.74) is 6.65. The molecule has 0 atom stereocenters. The minimum Gasteiger partial charge on any atom is -0.478 e. The van der Waals surface area contributed by atoms with Crippen LogP contribution in [0.3, 0.4) is 0 Å². The third kappa shape index (κ3) is 3.14. The van der Waals surface area contributed by atoms with Crippen LogP contribution in [0.2, 0.25) is 0 Å². The van der Waals surface area contributed by atoms with Crippen molar-refractivity contribution in [2.75, 3.05) is 10.5 Å². The average molecular weight is 306 g/mol. The number of nitrogens with one attached hydrogen (secondary N) is 1. The molecule has 4 N–H and O–H groups in total. The van der Waals surface area contributed by atoms with E-state index in [0.717, 1.165) is 6.07 Å². The summed E-state index contributed by atoms with van der Waals surface area (Å²) in [7, 11) is -3.90. The number of carboxylic acids is 1. The molecule has 0 aromatic heterocycles. The first-order chi connectivity index (χ1) is 9.81. The number of nitrogen functional groups attached to an aromatic ring is 1. The number of carbonyl (C=O) groups is 1. The van der Waals surface area contributed by atoms with E-state index in [9.17, 15) is 13.2 Å². The largest absolute Gasteiger partial charge is 0.478 e. The van der Waals surface area contributed by atoms with Crippen molar-refractivity contribution in [3.8, 4) is 0 Å². The van der Waals surface area contributed by atoms with Crippen LogP contribution < -0.4 is 10.5 Å². The van der Waals surface area contributed by atoms with Crippen LogP contribution in [-0.2, 0) is 10.0 Å². The van der Waals surface area contributed by atoms with E-state index in [1.807, 2.05) is 0 Å². The summed E-state index contributed by atoms with van der Waals surface area (Å²) in [6.07, 6.45) is 0. The lowest BCUT2D eigenvalue weighted by atomic mass is 10.1. The molecular weight excluding hydrogens is 292 g/mol. The van der Waals surface area contributed by atoms with Gasteiger partial charge in [0.15, 0.2) is 0 Å². The Hall–Kier alpha value is -2.54. The van der Waals surface area contributed by atoms with Gasteiger partial charge in [0.2, 0.25) is 0 Å². The molecule has 0 fully saturated rings. The molecule has 0 radical (unpaired) electrons. The summed E-state index contributed by atoms with van der Waals surface area (Å²) in [6.45, 7) is 1.60. The average Bonchev–Trinajstić information content (AvgIpc) is 2.41. The maximum Gasteiger partial charge on any atom is 0.335 e. The summed E-state index contributed by atoms with van der Waals surface area (Å²) >= 11 is 0. The fraction of sp³-hybridized carbons (Fsp3) is 0.0714. The van der Waals surface area contributed by atoms with Crippen LogP contribution in [0, 0.1) is 6.92 Å². The zero-order valence-corrected chi connectivity index (χ0v) is 12.0. The van der Waals surface area contributed by atoms with Crippen molar-refractivity contribution in [3.05, 3.63) is 53.6 Å². The molecule has 0 aliphatic carbocycles. The number of carboxylic acid groups (broad SMARTS) is 1. The molecule has 0 bridgehead atoms. The van der Waals surface area contributed by atoms with Crippen LogP contribution in [0.1, 0.15) is 15.9 Å². The topological polar surface area (TPSA) is 109 Å². The van der Waals surface area contributed by atoms with Gasteiger partial charge in [-0.1, -0.05) is 18.2 Å². The molecule has 0 amide bonds. The first-order valence-corrected chi connectivity index (χ1v) is 7.51. The number of aromatic carboxylic acids is 1. The van der Waals surface area contributed by atoms with Crippen molar-refractivity contribution in [2.24, 2.45) is 0 Å². The normalized spacial score (nSPS) is 11.1. The van der Waals surface area contributed by atoms with Gasteiger partial charge in [0.1, 0.15) is 0 Å². The van der Waals surface area contributed by atoms with Gasteiger partial charge in [-0.3, -0.25) is 4.72 Å². The molecule has 2 rings (SSSR count). The van der Waals surface area contributed by atoms with E-state index < -0.39 is 16.0 Å². The van der Waals surface area contributed by atoms with Crippen molar-refractivity contribution < 1.29 is 18.3 Å². The smallest absolute Gasteiger partial charge is 0.335 e. The van der Waals surface area contributed by atoms with Gasteiger partial charge in [-0.15, -0.1) is 0 Å². The molecular formula is C14H14N2O4S. The minimum absolute atomic E-state index is 0.0566. The third-order valence-corrected chi connectivity index (χ3v) is 4.32. The van der Waals surface area contributed by atoms with Gasteiger partial charge in [0.25, 0.3) is 10.0 Å². The van der Waals surface area contributed by atoms with Crippen LogP contribution in [0.15, 0.2) is 47.4 Å². The van der Waals surface area contributed by atoms with Crippen LogP contribution in [0.4, 0.5) is 11.4 Å². The number of hydrogen-bond acceptors (Lipinski definition) is 4. The van der Waals surface area contributed by atoms with Crippen molar-refractivity contribution in [2.45, 2.75) is 11.8 Å². The summed E-state index contributed by atoms with van der Waals surface area (Å²) in [4.78, 5) is 10.9. The van der Waals surface area contributed by atoms with E-state index in [2.05, 4.69) is 4.72 Å². The van der Waals surface area contributed by atoms with Gasteiger partial charge < -0.3 is 10.8 Å². The SMILES string of the molecule is Cc1ccc(S(=O)(=O)Nc2ccccc2N)cc1C(=O)O. The molecule has 6 nitrogen and oxygen atoms in total. The summed E-state index contributed by atoms with van der Waals surface area (Å²) in [5, 5.41) is 9.05. The van der Waals surface area contributed by atoms with E-state index >= 15 is 0 Å². The number of rotatable bonds is 4. The molecule has 2 aromatic rings. The summed E-state index contributed by atoms with van der Waals surface area (Å²) < 4.78 is 26.9. The molecule has 0 saturated heterocycles. The van der Waals surface area contributed by atoms with Crippen molar-refractivity contribution in [1.82, 2.24) is 0 Å². The number of nitrogens with two attached hydrogens (primary N) is 1. The first-order valence-electron chi connectivity index (χ1n) is 6.02. The Morgan fingerprint density at radius 2 is 1.86 bits per heavy atom. The molecule has 7 heteroatoms. The monoisotopic (exact) mass is 306 g/mol. The van der Waals surface area contributed by atoms with Crippen molar-refractivity contribution >= 4 is 27.4 Å². The van der Waals surface area contributed by atoms with Crippen LogP contribution in [-0.4, -0.2) is 19.5 Å². The summed E-state index contributed by atoms with van der Waals surface area (Å²) in [6, 6.07) is 10.3. The Morgan fingerprint density at radius 1 is 1.19 bits per heavy atom. The van der Waals surface area contributed by atoms with Gasteiger partial charge in [-0.05, 0) is 36.8 Å². The molecule has 0 heterocycles. The maximum absolute atomic E-state index is 12.3. The van der Waals surface area contributed by atoms with Gasteiger partial charge in [0.05, 0.1) is 21.8 Å². The number of hydrogen-bond donors (Lipinski definition) is 3. The maximum atomic E-state index is 12.3. The highest BCUT2D eigenvalue weighted by molar-refractivity contribution is 7.92.